The van der Waals surface area contributed by atoms with Crippen LogP contribution in [0.1, 0.15) is 20.0 Å². The van der Waals surface area contributed by atoms with E-state index < -0.39 is 5.91 Å². The molecule has 0 atom stereocenters. The Balaban J connectivity index is 1.30. The van der Waals surface area contributed by atoms with Crippen molar-refractivity contribution in [2.24, 2.45) is 0 Å². The molecule has 9 heteroatoms. The van der Waals surface area contributed by atoms with Gasteiger partial charge in [-0.3, -0.25) is 14.4 Å². The van der Waals surface area contributed by atoms with Gasteiger partial charge in [-0.25, -0.2) is 0 Å². The minimum absolute atomic E-state index is 0.104. The molecule has 2 N–H and O–H groups in total. The molecule has 7 nitrogen and oxygen atoms in total. The third kappa shape index (κ3) is 5.71. The highest BCUT2D eigenvalue weighted by Gasteiger charge is 2.22. The number of carbonyl (C=O) groups is 3. The van der Waals surface area contributed by atoms with Gasteiger partial charge in [0.2, 0.25) is 5.91 Å². The first-order valence-electron chi connectivity index (χ1n) is 10.5. The predicted octanol–water partition coefficient (Wildman–Crippen LogP) is 3.73. The quantitative estimate of drug-likeness (QED) is 0.561. The molecule has 0 unspecified atom stereocenters. The third-order valence-corrected chi connectivity index (χ3v) is 6.51. The zero-order valence-electron chi connectivity index (χ0n) is 17.8. The first kappa shape index (κ1) is 22.8. The summed E-state index contributed by atoms with van der Waals surface area (Å²) in [6.45, 7) is 2.46. The molecule has 1 fully saturated rings. The van der Waals surface area contributed by atoms with Crippen LogP contribution in [-0.4, -0.2) is 55.3 Å². The Morgan fingerprint density at radius 2 is 1.61 bits per heavy atom. The second-order valence-corrected chi connectivity index (χ2v) is 8.89. The van der Waals surface area contributed by atoms with Crippen LogP contribution in [0.4, 0.5) is 11.4 Å². The largest absolute Gasteiger partial charge is 0.368 e. The number of amides is 3. The van der Waals surface area contributed by atoms with Crippen molar-refractivity contribution in [2.75, 3.05) is 42.9 Å². The molecule has 1 aliphatic heterocycles. The molecule has 4 rings (SSSR count). The van der Waals surface area contributed by atoms with Crippen molar-refractivity contribution in [2.45, 2.75) is 0 Å². The molecule has 33 heavy (non-hydrogen) atoms. The van der Waals surface area contributed by atoms with E-state index in [-0.39, 0.29) is 18.4 Å². The molecule has 0 bridgehead atoms. The summed E-state index contributed by atoms with van der Waals surface area (Å²) in [5, 5.41) is 7.96. The highest BCUT2D eigenvalue weighted by molar-refractivity contribution is 7.12. The summed E-state index contributed by atoms with van der Waals surface area (Å²) in [6, 6.07) is 17.9. The van der Waals surface area contributed by atoms with Crippen molar-refractivity contribution in [3.05, 3.63) is 81.5 Å². The SMILES string of the molecule is O=C(Nc1ccccc1C(=O)NCC(=O)N1CCN(c2ccc(Cl)cc2)CC1)c1cccs1. The number of benzene rings is 2. The van der Waals surface area contributed by atoms with E-state index in [0.29, 0.717) is 47.3 Å². The summed E-state index contributed by atoms with van der Waals surface area (Å²) in [4.78, 5) is 42.2. The maximum Gasteiger partial charge on any atom is 0.265 e. The van der Waals surface area contributed by atoms with E-state index in [1.807, 2.05) is 29.6 Å². The lowest BCUT2D eigenvalue weighted by Crippen LogP contribution is -2.51. The van der Waals surface area contributed by atoms with E-state index in [1.165, 1.54) is 11.3 Å². The summed E-state index contributed by atoms with van der Waals surface area (Å²) in [5.74, 6) is -0.829. The van der Waals surface area contributed by atoms with Crippen molar-refractivity contribution in [1.82, 2.24) is 10.2 Å². The van der Waals surface area contributed by atoms with Gasteiger partial charge in [0.1, 0.15) is 0 Å². The third-order valence-electron chi connectivity index (χ3n) is 5.39. The number of thiophene rings is 1. The number of hydrogen-bond acceptors (Lipinski definition) is 5. The monoisotopic (exact) mass is 482 g/mol. The minimum Gasteiger partial charge on any atom is -0.368 e. The van der Waals surface area contributed by atoms with Gasteiger partial charge in [-0.15, -0.1) is 11.3 Å². The lowest BCUT2D eigenvalue weighted by atomic mass is 10.1. The zero-order valence-corrected chi connectivity index (χ0v) is 19.4. The second-order valence-electron chi connectivity index (χ2n) is 7.50. The molecular formula is C24H23ClN4O3S. The van der Waals surface area contributed by atoms with Gasteiger partial charge >= 0.3 is 0 Å². The summed E-state index contributed by atoms with van der Waals surface area (Å²) < 4.78 is 0. The fourth-order valence-corrected chi connectivity index (χ4v) is 4.36. The van der Waals surface area contributed by atoms with Crippen LogP contribution in [-0.2, 0) is 4.79 Å². The smallest absolute Gasteiger partial charge is 0.265 e. The number of halogens is 1. The van der Waals surface area contributed by atoms with Crippen LogP contribution >= 0.6 is 22.9 Å². The Morgan fingerprint density at radius 3 is 2.30 bits per heavy atom. The Hall–Kier alpha value is -3.36. The molecule has 1 aromatic heterocycles. The molecule has 3 aromatic rings. The number of anilines is 2. The normalized spacial score (nSPS) is 13.5. The Kier molecular flexibility index (Phi) is 7.26. The van der Waals surface area contributed by atoms with Crippen LogP contribution in [0.25, 0.3) is 0 Å². The number of para-hydroxylation sites is 1. The van der Waals surface area contributed by atoms with Crippen LogP contribution in [0, 0.1) is 0 Å². The van der Waals surface area contributed by atoms with Crippen molar-refractivity contribution >= 4 is 52.0 Å². The predicted molar refractivity (Wildman–Crippen MR) is 131 cm³/mol. The molecule has 0 spiro atoms. The topological polar surface area (TPSA) is 81.8 Å². The van der Waals surface area contributed by atoms with Gasteiger partial charge in [-0.1, -0.05) is 29.8 Å². The van der Waals surface area contributed by atoms with Crippen LogP contribution in [0.2, 0.25) is 5.02 Å². The number of nitrogens with one attached hydrogen (secondary N) is 2. The molecule has 3 amide bonds. The molecule has 0 saturated carbocycles. The molecule has 170 valence electrons. The van der Waals surface area contributed by atoms with Crippen LogP contribution < -0.4 is 15.5 Å². The molecule has 0 radical (unpaired) electrons. The van der Waals surface area contributed by atoms with Crippen LogP contribution in [0.15, 0.2) is 66.0 Å². The number of hydrogen-bond donors (Lipinski definition) is 2. The number of nitrogens with zero attached hydrogens (tertiary/aromatic N) is 2. The van der Waals surface area contributed by atoms with Gasteiger partial charge in [-0.2, -0.15) is 0 Å². The van der Waals surface area contributed by atoms with Crippen LogP contribution in [0.5, 0.6) is 0 Å². The zero-order chi connectivity index (χ0) is 23.2. The molecule has 2 aromatic carbocycles. The molecule has 1 aliphatic rings. The van der Waals surface area contributed by atoms with Crippen molar-refractivity contribution < 1.29 is 14.4 Å². The standard InChI is InChI=1S/C24H23ClN4O3S/c25-17-7-9-18(10-8-17)28-11-13-29(14-12-28)22(30)16-26-23(31)19-4-1-2-5-20(19)27-24(32)21-6-3-15-33-21/h1-10,15H,11-14,16H2,(H,26,31)(H,27,32). The Morgan fingerprint density at radius 1 is 0.879 bits per heavy atom. The van der Waals surface area contributed by atoms with E-state index in [9.17, 15) is 14.4 Å². The molecule has 0 aliphatic carbocycles. The first-order chi connectivity index (χ1) is 16.0. The summed E-state index contributed by atoms with van der Waals surface area (Å²) in [6.07, 6.45) is 0. The van der Waals surface area contributed by atoms with Crippen LogP contribution in [0.3, 0.4) is 0 Å². The van der Waals surface area contributed by atoms with Gasteiger partial charge in [0.25, 0.3) is 11.8 Å². The summed E-state index contributed by atoms with van der Waals surface area (Å²) >= 11 is 7.27. The highest BCUT2D eigenvalue weighted by atomic mass is 35.5. The van der Waals surface area contributed by atoms with Gasteiger partial charge < -0.3 is 20.4 Å². The van der Waals surface area contributed by atoms with E-state index in [0.717, 1.165) is 5.69 Å². The first-order valence-corrected chi connectivity index (χ1v) is 11.8. The lowest BCUT2D eigenvalue weighted by Gasteiger charge is -2.36. The van der Waals surface area contributed by atoms with Crippen molar-refractivity contribution in [1.29, 1.82) is 0 Å². The van der Waals surface area contributed by atoms with Gasteiger partial charge in [-0.05, 0) is 47.8 Å². The minimum atomic E-state index is -0.412. The molecule has 1 saturated heterocycles. The van der Waals surface area contributed by atoms with E-state index >= 15 is 0 Å². The maximum atomic E-state index is 12.7. The highest BCUT2D eigenvalue weighted by Crippen LogP contribution is 2.20. The number of rotatable bonds is 6. The Labute approximate surface area is 201 Å². The average Bonchev–Trinajstić information content (AvgIpc) is 3.39. The van der Waals surface area contributed by atoms with E-state index in [2.05, 4.69) is 15.5 Å². The van der Waals surface area contributed by atoms with Gasteiger partial charge in [0.05, 0.1) is 22.7 Å². The van der Waals surface area contributed by atoms with E-state index in [1.54, 1.807) is 41.3 Å². The van der Waals surface area contributed by atoms with Gasteiger partial charge in [0.15, 0.2) is 0 Å². The molecule has 2 heterocycles. The van der Waals surface area contributed by atoms with Gasteiger partial charge in [0, 0.05) is 36.9 Å². The fraction of sp³-hybridized carbons (Fsp3) is 0.208. The summed E-state index contributed by atoms with van der Waals surface area (Å²) in [5.41, 5.74) is 1.78. The Bertz CT molecular complexity index is 1130. The molecular weight excluding hydrogens is 460 g/mol. The lowest BCUT2D eigenvalue weighted by molar-refractivity contribution is -0.130. The maximum absolute atomic E-state index is 12.7. The summed E-state index contributed by atoms with van der Waals surface area (Å²) in [7, 11) is 0. The second kappa shape index (κ2) is 10.5. The average molecular weight is 483 g/mol. The van der Waals surface area contributed by atoms with Crippen molar-refractivity contribution in [3.8, 4) is 0 Å². The number of carbonyl (C=O) groups excluding carboxylic acids is 3. The van der Waals surface area contributed by atoms with Crippen molar-refractivity contribution in [3.63, 3.8) is 0 Å². The fourth-order valence-electron chi connectivity index (χ4n) is 3.61. The number of piperazine rings is 1. The van der Waals surface area contributed by atoms with E-state index in [4.69, 9.17) is 11.6 Å².